The van der Waals surface area contributed by atoms with E-state index in [2.05, 4.69) is 30.5 Å². The van der Waals surface area contributed by atoms with Crippen molar-refractivity contribution < 1.29 is 13.2 Å². The lowest BCUT2D eigenvalue weighted by Gasteiger charge is -2.07. The van der Waals surface area contributed by atoms with Gasteiger partial charge in [0.05, 0.1) is 12.5 Å². The van der Waals surface area contributed by atoms with Crippen LogP contribution in [0, 0.1) is 0 Å². The van der Waals surface area contributed by atoms with Crippen molar-refractivity contribution in [3.8, 4) is 0 Å². The van der Waals surface area contributed by atoms with Crippen LogP contribution in [0.15, 0.2) is 23.7 Å². The van der Waals surface area contributed by atoms with Crippen molar-refractivity contribution >= 4 is 11.8 Å². The SMILES string of the molecule is NC(=NCC(F)(F)F)Nc1[nH]ncc1CCCCc1cnc[nH]1. The van der Waals surface area contributed by atoms with Crippen LogP contribution in [0.3, 0.4) is 0 Å². The molecule has 0 atom stereocenters. The molecule has 2 heterocycles. The third kappa shape index (κ3) is 6.01. The van der Waals surface area contributed by atoms with Crippen molar-refractivity contribution in [2.24, 2.45) is 10.7 Å². The molecule has 2 rings (SSSR count). The fraction of sp³-hybridized carbons (Fsp3) is 0.462. The van der Waals surface area contributed by atoms with E-state index in [9.17, 15) is 13.2 Å². The maximum Gasteiger partial charge on any atom is 0.408 e. The molecule has 0 aliphatic heterocycles. The van der Waals surface area contributed by atoms with E-state index in [1.54, 1.807) is 18.7 Å². The number of unbranched alkanes of at least 4 members (excludes halogenated alkanes) is 1. The number of alkyl halides is 3. The first-order valence-electron chi connectivity index (χ1n) is 7.07. The smallest absolute Gasteiger partial charge is 0.370 e. The predicted octanol–water partition coefficient (Wildman–Crippen LogP) is 1.99. The molecular weight excluding hydrogens is 311 g/mol. The van der Waals surface area contributed by atoms with Gasteiger partial charge < -0.3 is 16.0 Å². The molecule has 5 N–H and O–H groups in total. The number of halogens is 3. The molecular formula is C13H18F3N7. The number of hydrogen-bond acceptors (Lipinski definition) is 3. The summed E-state index contributed by atoms with van der Waals surface area (Å²) in [5, 5.41) is 9.16. The standard InChI is InChI=1S/C13H18F3N7/c14-13(15,16)7-19-12(17)22-11-9(5-21-23-11)3-1-2-4-10-6-18-8-20-10/h5-6,8H,1-4,7H2,(H,18,20)(H4,17,19,21,22,23). The predicted molar refractivity (Wildman–Crippen MR) is 80.0 cm³/mol. The first-order chi connectivity index (χ1) is 10.9. The number of nitrogens with one attached hydrogen (secondary N) is 3. The van der Waals surface area contributed by atoms with Gasteiger partial charge in [0.25, 0.3) is 0 Å². The number of guanidine groups is 1. The number of H-pyrrole nitrogens is 2. The van der Waals surface area contributed by atoms with Gasteiger partial charge in [-0.15, -0.1) is 0 Å². The minimum Gasteiger partial charge on any atom is -0.370 e. The second kappa shape index (κ2) is 7.65. The van der Waals surface area contributed by atoms with E-state index in [1.165, 1.54) is 0 Å². The topological polar surface area (TPSA) is 108 Å². The minimum absolute atomic E-state index is 0.301. The number of aromatic nitrogens is 4. The van der Waals surface area contributed by atoms with Crippen molar-refractivity contribution in [1.82, 2.24) is 20.2 Å². The largest absolute Gasteiger partial charge is 0.408 e. The van der Waals surface area contributed by atoms with E-state index in [0.717, 1.165) is 36.9 Å². The number of hydrogen-bond donors (Lipinski definition) is 4. The van der Waals surface area contributed by atoms with Crippen LogP contribution in [-0.4, -0.2) is 38.8 Å². The molecule has 0 amide bonds. The molecule has 23 heavy (non-hydrogen) atoms. The second-order valence-electron chi connectivity index (χ2n) is 5.00. The summed E-state index contributed by atoms with van der Waals surface area (Å²) in [7, 11) is 0. The lowest BCUT2D eigenvalue weighted by molar-refractivity contribution is -0.118. The Hall–Kier alpha value is -2.52. The third-order valence-electron chi connectivity index (χ3n) is 3.10. The summed E-state index contributed by atoms with van der Waals surface area (Å²) in [6.45, 7) is -1.32. The molecule has 126 valence electrons. The van der Waals surface area contributed by atoms with Gasteiger partial charge in [0.1, 0.15) is 12.4 Å². The zero-order valence-corrected chi connectivity index (χ0v) is 12.3. The highest BCUT2D eigenvalue weighted by Gasteiger charge is 2.26. The maximum absolute atomic E-state index is 12.1. The molecule has 0 unspecified atom stereocenters. The Labute approximate surface area is 130 Å². The van der Waals surface area contributed by atoms with Crippen LogP contribution in [0.5, 0.6) is 0 Å². The first kappa shape index (κ1) is 16.8. The van der Waals surface area contributed by atoms with Gasteiger partial charge in [-0.2, -0.15) is 18.3 Å². The Bertz CT molecular complexity index is 616. The highest BCUT2D eigenvalue weighted by molar-refractivity contribution is 5.91. The fourth-order valence-electron chi connectivity index (χ4n) is 2.00. The maximum atomic E-state index is 12.1. The minimum atomic E-state index is -4.38. The van der Waals surface area contributed by atoms with Gasteiger partial charge in [0.15, 0.2) is 5.96 Å². The normalized spacial score (nSPS) is 12.6. The quantitative estimate of drug-likeness (QED) is 0.354. The first-order valence-corrected chi connectivity index (χ1v) is 7.07. The van der Waals surface area contributed by atoms with Gasteiger partial charge in [-0.25, -0.2) is 9.98 Å². The Morgan fingerprint density at radius 2 is 2.04 bits per heavy atom. The molecule has 0 bridgehead atoms. The molecule has 0 fully saturated rings. The van der Waals surface area contributed by atoms with E-state index < -0.39 is 12.7 Å². The summed E-state index contributed by atoms with van der Waals surface area (Å²) in [6, 6.07) is 0. The molecule has 7 nitrogen and oxygen atoms in total. The summed E-state index contributed by atoms with van der Waals surface area (Å²) >= 11 is 0. The van der Waals surface area contributed by atoms with Crippen LogP contribution in [-0.2, 0) is 12.8 Å². The molecule has 0 aliphatic carbocycles. The molecule has 10 heteroatoms. The summed E-state index contributed by atoms with van der Waals surface area (Å²) in [4.78, 5) is 10.2. The number of anilines is 1. The van der Waals surface area contributed by atoms with E-state index >= 15 is 0 Å². The highest BCUT2D eigenvalue weighted by Crippen LogP contribution is 2.16. The molecule has 2 aromatic rings. The van der Waals surface area contributed by atoms with Crippen molar-refractivity contribution in [3.63, 3.8) is 0 Å². The van der Waals surface area contributed by atoms with E-state index in [-0.39, 0.29) is 5.96 Å². The Morgan fingerprint density at radius 3 is 2.74 bits per heavy atom. The Kier molecular flexibility index (Phi) is 5.61. The van der Waals surface area contributed by atoms with Crippen LogP contribution in [0.2, 0.25) is 0 Å². The number of imidazole rings is 1. The van der Waals surface area contributed by atoms with Crippen LogP contribution in [0.25, 0.3) is 0 Å². The van der Waals surface area contributed by atoms with Crippen molar-refractivity contribution in [1.29, 1.82) is 0 Å². The molecule has 0 aromatic carbocycles. The van der Waals surface area contributed by atoms with Crippen LogP contribution < -0.4 is 11.1 Å². The average Bonchev–Trinajstić information content (AvgIpc) is 3.13. The zero-order valence-electron chi connectivity index (χ0n) is 12.3. The molecule has 0 saturated carbocycles. The number of rotatable bonds is 7. The summed E-state index contributed by atoms with van der Waals surface area (Å²) in [5.41, 5.74) is 7.36. The van der Waals surface area contributed by atoms with Gasteiger partial charge in [-0.1, -0.05) is 0 Å². The van der Waals surface area contributed by atoms with Gasteiger partial charge in [-0.05, 0) is 25.7 Å². The third-order valence-corrected chi connectivity index (χ3v) is 3.10. The van der Waals surface area contributed by atoms with E-state index in [1.807, 2.05) is 0 Å². The van der Waals surface area contributed by atoms with Crippen LogP contribution >= 0.6 is 0 Å². The van der Waals surface area contributed by atoms with Crippen LogP contribution in [0.1, 0.15) is 24.1 Å². The number of nitrogens with zero attached hydrogens (tertiary/aromatic N) is 3. The molecule has 0 saturated heterocycles. The molecule has 0 aliphatic rings. The number of aryl methyl sites for hydroxylation is 2. The highest BCUT2D eigenvalue weighted by atomic mass is 19.4. The lowest BCUT2D eigenvalue weighted by atomic mass is 10.1. The fourth-order valence-corrected chi connectivity index (χ4v) is 2.00. The van der Waals surface area contributed by atoms with Gasteiger partial charge in [-0.3, -0.25) is 5.10 Å². The second-order valence-corrected chi connectivity index (χ2v) is 5.00. The average molecular weight is 329 g/mol. The van der Waals surface area contributed by atoms with Crippen LogP contribution in [0.4, 0.5) is 19.0 Å². The lowest BCUT2D eigenvalue weighted by Crippen LogP contribution is -2.26. The molecule has 2 aromatic heterocycles. The molecule has 0 radical (unpaired) electrons. The van der Waals surface area contributed by atoms with Crippen molar-refractivity contribution in [2.45, 2.75) is 31.9 Å². The van der Waals surface area contributed by atoms with Crippen molar-refractivity contribution in [3.05, 3.63) is 30.0 Å². The Balaban J connectivity index is 1.79. The summed E-state index contributed by atoms with van der Waals surface area (Å²) in [6.07, 6.45) is 4.11. The zero-order chi connectivity index (χ0) is 16.7. The number of aliphatic imine (C=N–C) groups is 1. The van der Waals surface area contributed by atoms with Crippen molar-refractivity contribution in [2.75, 3.05) is 11.9 Å². The van der Waals surface area contributed by atoms with Gasteiger partial charge in [0.2, 0.25) is 0 Å². The summed E-state index contributed by atoms with van der Waals surface area (Å²) in [5.74, 6) is 0.167. The monoisotopic (exact) mass is 329 g/mol. The Morgan fingerprint density at radius 1 is 1.26 bits per heavy atom. The van der Waals surface area contributed by atoms with Gasteiger partial charge in [0, 0.05) is 17.5 Å². The van der Waals surface area contributed by atoms with Gasteiger partial charge >= 0.3 is 6.18 Å². The number of nitrogens with two attached hydrogens (primary N) is 1. The van der Waals surface area contributed by atoms with E-state index in [4.69, 9.17) is 5.73 Å². The summed E-state index contributed by atoms with van der Waals surface area (Å²) < 4.78 is 36.2. The molecule has 0 spiro atoms. The number of aromatic amines is 2. The van der Waals surface area contributed by atoms with E-state index in [0.29, 0.717) is 5.82 Å².